The van der Waals surface area contributed by atoms with E-state index < -0.39 is 10.0 Å². The molecular weight excluding hydrogens is 292 g/mol. The number of nitrogens with zero attached hydrogens (tertiary/aromatic N) is 1. The molecule has 0 fully saturated rings. The average Bonchev–Trinajstić information content (AvgIpc) is 2.16. The van der Waals surface area contributed by atoms with Crippen LogP contribution in [-0.2, 0) is 10.0 Å². The molecule has 0 saturated carbocycles. The Morgan fingerprint density at radius 2 is 2.19 bits per heavy atom. The van der Waals surface area contributed by atoms with E-state index in [4.69, 9.17) is 0 Å². The Morgan fingerprint density at radius 1 is 1.50 bits per heavy atom. The molecule has 0 atom stereocenters. The van der Waals surface area contributed by atoms with Gasteiger partial charge < -0.3 is 0 Å². The van der Waals surface area contributed by atoms with Crippen LogP contribution in [0.25, 0.3) is 0 Å². The summed E-state index contributed by atoms with van der Waals surface area (Å²) in [6.07, 6.45) is 4.66. The first-order valence-electron chi connectivity index (χ1n) is 4.65. The van der Waals surface area contributed by atoms with E-state index in [1.54, 1.807) is 0 Å². The number of hydrogen-bond acceptors (Lipinski definition) is 3. The van der Waals surface area contributed by atoms with Gasteiger partial charge in [-0.2, -0.15) is 0 Å². The van der Waals surface area contributed by atoms with Crippen LogP contribution in [0.5, 0.6) is 0 Å². The van der Waals surface area contributed by atoms with Gasteiger partial charge >= 0.3 is 0 Å². The molecule has 0 radical (unpaired) electrons. The molecule has 0 amide bonds. The molecule has 1 aromatic rings. The van der Waals surface area contributed by atoms with Crippen LogP contribution in [0.1, 0.15) is 13.8 Å². The lowest BCUT2D eigenvalue weighted by atomic mass is 10.3. The quantitative estimate of drug-likeness (QED) is 0.867. The minimum atomic E-state index is -3.47. The second kappa shape index (κ2) is 5.56. The van der Waals surface area contributed by atoms with Gasteiger partial charge in [0.05, 0.1) is 0 Å². The number of rotatable bonds is 4. The second-order valence-corrected chi connectivity index (χ2v) is 6.15. The molecule has 0 aliphatic rings. The number of allylic oxidation sites excluding steroid dienone is 1. The second-order valence-electron chi connectivity index (χ2n) is 3.47. The van der Waals surface area contributed by atoms with Gasteiger partial charge in [-0.25, -0.2) is 13.1 Å². The summed E-state index contributed by atoms with van der Waals surface area (Å²) in [5, 5.41) is 0. The van der Waals surface area contributed by atoms with Crippen LogP contribution < -0.4 is 4.72 Å². The third kappa shape index (κ3) is 4.03. The molecule has 0 spiro atoms. The fraction of sp³-hybridized carbons (Fsp3) is 0.300. The van der Waals surface area contributed by atoms with Gasteiger partial charge in [-0.3, -0.25) is 4.98 Å². The summed E-state index contributed by atoms with van der Waals surface area (Å²) in [5.41, 5.74) is 1.06. The first-order chi connectivity index (χ1) is 7.42. The standard InChI is InChI=1S/C10H13BrN2O2S/c1-8(2)3-4-13-16(14,15)10-5-9(11)6-12-7-10/h3,5-7,13H,4H2,1-2H3. The van der Waals surface area contributed by atoms with E-state index in [-0.39, 0.29) is 11.4 Å². The summed E-state index contributed by atoms with van der Waals surface area (Å²) in [6.45, 7) is 4.11. The summed E-state index contributed by atoms with van der Waals surface area (Å²) in [4.78, 5) is 3.97. The third-order valence-electron chi connectivity index (χ3n) is 1.77. The van der Waals surface area contributed by atoms with E-state index >= 15 is 0 Å². The molecule has 1 aromatic heterocycles. The van der Waals surface area contributed by atoms with E-state index in [2.05, 4.69) is 25.6 Å². The zero-order valence-electron chi connectivity index (χ0n) is 9.07. The number of aromatic nitrogens is 1. The van der Waals surface area contributed by atoms with Crippen LogP contribution in [-0.4, -0.2) is 19.9 Å². The summed E-state index contributed by atoms with van der Waals surface area (Å²) in [7, 11) is -3.47. The fourth-order valence-electron chi connectivity index (χ4n) is 0.978. The molecule has 1 N–H and O–H groups in total. The highest BCUT2D eigenvalue weighted by molar-refractivity contribution is 9.10. The maximum Gasteiger partial charge on any atom is 0.242 e. The van der Waals surface area contributed by atoms with Gasteiger partial charge in [0.25, 0.3) is 0 Å². The molecular formula is C10H13BrN2O2S. The normalized spacial score (nSPS) is 11.2. The average molecular weight is 305 g/mol. The van der Waals surface area contributed by atoms with Crippen molar-refractivity contribution in [1.82, 2.24) is 9.71 Å². The van der Waals surface area contributed by atoms with Crippen molar-refractivity contribution in [2.24, 2.45) is 0 Å². The monoisotopic (exact) mass is 304 g/mol. The smallest absolute Gasteiger partial charge is 0.242 e. The van der Waals surface area contributed by atoms with E-state index in [0.29, 0.717) is 4.47 Å². The molecule has 1 heterocycles. The van der Waals surface area contributed by atoms with Crippen molar-refractivity contribution in [2.75, 3.05) is 6.54 Å². The molecule has 0 unspecified atom stereocenters. The van der Waals surface area contributed by atoms with Crippen LogP contribution in [0.2, 0.25) is 0 Å². The topological polar surface area (TPSA) is 59.1 Å². The molecule has 0 bridgehead atoms. The van der Waals surface area contributed by atoms with E-state index in [0.717, 1.165) is 5.57 Å². The maximum absolute atomic E-state index is 11.8. The molecule has 6 heteroatoms. The van der Waals surface area contributed by atoms with Crippen LogP contribution in [0, 0.1) is 0 Å². The third-order valence-corrected chi connectivity index (χ3v) is 3.60. The van der Waals surface area contributed by atoms with Gasteiger partial charge in [-0.1, -0.05) is 11.6 Å². The van der Waals surface area contributed by atoms with Crippen molar-refractivity contribution >= 4 is 26.0 Å². The minimum Gasteiger partial charge on any atom is -0.262 e. The highest BCUT2D eigenvalue weighted by atomic mass is 79.9. The molecule has 4 nitrogen and oxygen atoms in total. The summed E-state index contributed by atoms with van der Waals surface area (Å²) in [6, 6.07) is 1.51. The van der Waals surface area contributed by atoms with Crippen LogP contribution >= 0.6 is 15.9 Å². The zero-order valence-corrected chi connectivity index (χ0v) is 11.5. The maximum atomic E-state index is 11.8. The Bertz CT molecular complexity index is 493. The first kappa shape index (κ1) is 13.3. The highest BCUT2D eigenvalue weighted by Crippen LogP contribution is 2.13. The van der Waals surface area contributed by atoms with Crippen molar-refractivity contribution in [1.29, 1.82) is 0 Å². The number of nitrogens with one attached hydrogen (secondary N) is 1. The van der Waals surface area contributed by atoms with Gasteiger partial charge in [0, 0.05) is 23.4 Å². The predicted octanol–water partition coefficient (Wildman–Crippen LogP) is 2.09. The largest absolute Gasteiger partial charge is 0.262 e. The number of sulfonamides is 1. The van der Waals surface area contributed by atoms with E-state index in [1.807, 2.05) is 19.9 Å². The molecule has 1 rings (SSSR count). The first-order valence-corrected chi connectivity index (χ1v) is 6.93. The Morgan fingerprint density at radius 3 is 2.75 bits per heavy atom. The lowest BCUT2D eigenvalue weighted by molar-refractivity contribution is 0.585. The number of hydrogen-bond donors (Lipinski definition) is 1. The molecule has 0 aliphatic heterocycles. The lowest BCUT2D eigenvalue weighted by Gasteiger charge is -2.04. The Labute approximate surface area is 104 Å². The molecule has 0 aromatic carbocycles. The summed E-state index contributed by atoms with van der Waals surface area (Å²) in [5.74, 6) is 0. The highest BCUT2D eigenvalue weighted by Gasteiger charge is 2.13. The molecule has 0 saturated heterocycles. The van der Waals surface area contributed by atoms with Gasteiger partial charge in [0.1, 0.15) is 4.90 Å². The number of pyridine rings is 1. The van der Waals surface area contributed by atoms with Crippen LogP contribution in [0.4, 0.5) is 0 Å². The van der Waals surface area contributed by atoms with E-state index in [9.17, 15) is 8.42 Å². The Hall–Kier alpha value is -0.720. The van der Waals surface area contributed by atoms with Gasteiger partial charge in [-0.05, 0) is 35.8 Å². The van der Waals surface area contributed by atoms with Crippen molar-refractivity contribution in [3.05, 3.63) is 34.6 Å². The SMILES string of the molecule is CC(C)=CCNS(=O)(=O)c1cncc(Br)c1. The predicted molar refractivity (Wildman–Crippen MR) is 66.6 cm³/mol. The lowest BCUT2D eigenvalue weighted by Crippen LogP contribution is -2.24. The van der Waals surface area contributed by atoms with Crippen LogP contribution in [0.3, 0.4) is 0 Å². The summed E-state index contributed by atoms with van der Waals surface area (Å²) < 4.78 is 26.6. The molecule has 88 valence electrons. The Kier molecular flexibility index (Phi) is 4.64. The zero-order chi connectivity index (χ0) is 12.2. The van der Waals surface area contributed by atoms with Crippen molar-refractivity contribution in [3.63, 3.8) is 0 Å². The van der Waals surface area contributed by atoms with Gasteiger partial charge in [0.2, 0.25) is 10.0 Å². The van der Waals surface area contributed by atoms with Gasteiger partial charge in [0.15, 0.2) is 0 Å². The minimum absolute atomic E-state index is 0.157. The fourth-order valence-corrected chi connectivity index (χ4v) is 2.45. The summed E-state index contributed by atoms with van der Waals surface area (Å²) >= 11 is 3.18. The van der Waals surface area contributed by atoms with Crippen molar-refractivity contribution in [2.45, 2.75) is 18.7 Å². The molecule has 0 aliphatic carbocycles. The van der Waals surface area contributed by atoms with Crippen molar-refractivity contribution in [3.8, 4) is 0 Å². The number of halogens is 1. The Balaban J connectivity index is 2.83. The van der Waals surface area contributed by atoms with E-state index in [1.165, 1.54) is 18.5 Å². The van der Waals surface area contributed by atoms with Crippen molar-refractivity contribution < 1.29 is 8.42 Å². The van der Waals surface area contributed by atoms with Gasteiger partial charge in [-0.15, -0.1) is 0 Å². The molecule has 16 heavy (non-hydrogen) atoms. The van der Waals surface area contributed by atoms with Crippen LogP contribution in [0.15, 0.2) is 39.5 Å².